The van der Waals surface area contributed by atoms with Gasteiger partial charge in [-0.1, -0.05) is 66.2 Å². The molecule has 5 aromatic rings. The second kappa shape index (κ2) is 10.5. The molecule has 0 saturated heterocycles. The van der Waals surface area contributed by atoms with Crippen molar-refractivity contribution in [3.8, 4) is 11.3 Å². The molecule has 0 aliphatic heterocycles. The van der Waals surface area contributed by atoms with E-state index in [0.29, 0.717) is 17.4 Å². The van der Waals surface area contributed by atoms with Gasteiger partial charge in [0.1, 0.15) is 5.15 Å². The monoisotopic (exact) mass is 520 g/mol. The van der Waals surface area contributed by atoms with Crippen molar-refractivity contribution in [3.63, 3.8) is 0 Å². The molecule has 37 heavy (non-hydrogen) atoms. The Labute approximate surface area is 215 Å². The van der Waals surface area contributed by atoms with Gasteiger partial charge in [0.25, 0.3) is 0 Å². The number of pyridine rings is 2. The van der Waals surface area contributed by atoms with Crippen molar-refractivity contribution in [1.29, 1.82) is 0 Å². The Morgan fingerprint density at radius 1 is 0.730 bits per heavy atom. The van der Waals surface area contributed by atoms with Crippen LogP contribution < -0.4 is 0 Å². The van der Waals surface area contributed by atoms with Crippen LogP contribution in [0.4, 0.5) is 13.2 Å². The number of rotatable bonds is 3. The topological polar surface area (TPSA) is 59.9 Å². The van der Waals surface area contributed by atoms with Gasteiger partial charge in [-0.2, -0.15) is 13.2 Å². The first-order chi connectivity index (χ1) is 17.6. The Morgan fingerprint density at radius 2 is 1.27 bits per heavy atom. The predicted molar refractivity (Wildman–Crippen MR) is 139 cm³/mol. The van der Waals surface area contributed by atoms with E-state index in [1.807, 2.05) is 44.2 Å². The minimum absolute atomic E-state index is 0.0507. The molecular formula is C29H20ClF3N2O2. The van der Waals surface area contributed by atoms with E-state index in [0.717, 1.165) is 39.8 Å². The second-order valence-electron chi connectivity index (χ2n) is 8.37. The van der Waals surface area contributed by atoms with Crippen LogP contribution >= 0.6 is 11.6 Å². The van der Waals surface area contributed by atoms with Crippen molar-refractivity contribution in [2.75, 3.05) is 0 Å². The summed E-state index contributed by atoms with van der Waals surface area (Å²) in [7, 11) is 0. The van der Waals surface area contributed by atoms with Gasteiger partial charge in [-0.15, -0.1) is 0 Å². The van der Waals surface area contributed by atoms with E-state index in [9.17, 15) is 22.8 Å². The van der Waals surface area contributed by atoms with E-state index < -0.39 is 11.7 Å². The molecular weight excluding hydrogens is 501 g/mol. The van der Waals surface area contributed by atoms with Crippen LogP contribution in [-0.2, 0) is 6.18 Å². The molecule has 2 heterocycles. The van der Waals surface area contributed by atoms with E-state index in [1.165, 1.54) is 18.2 Å². The number of carbonyl (C=O) groups is 2. The van der Waals surface area contributed by atoms with Gasteiger partial charge in [0.2, 0.25) is 0 Å². The normalized spacial score (nSPS) is 11.2. The Kier molecular flexibility index (Phi) is 7.36. The number of alkyl halides is 3. The van der Waals surface area contributed by atoms with Crippen molar-refractivity contribution >= 4 is 46.0 Å². The average molecular weight is 521 g/mol. The van der Waals surface area contributed by atoms with Crippen LogP contribution in [0.1, 0.15) is 37.4 Å². The summed E-state index contributed by atoms with van der Waals surface area (Å²) < 4.78 is 39.7. The van der Waals surface area contributed by atoms with Crippen LogP contribution in [0, 0.1) is 13.8 Å². The maximum Gasteiger partial charge on any atom is 0.417 e. The lowest BCUT2D eigenvalue weighted by molar-refractivity contribution is -0.137. The molecule has 0 amide bonds. The highest BCUT2D eigenvalue weighted by Crippen LogP contribution is 2.38. The summed E-state index contributed by atoms with van der Waals surface area (Å²) in [5.41, 5.74) is 3.07. The van der Waals surface area contributed by atoms with E-state index in [1.54, 1.807) is 18.2 Å². The first-order valence-corrected chi connectivity index (χ1v) is 11.5. The first-order valence-electron chi connectivity index (χ1n) is 11.2. The Morgan fingerprint density at radius 3 is 1.84 bits per heavy atom. The lowest BCUT2D eigenvalue weighted by atomic mass is 9.98. The molecule has 0 fully saturated rings. The van der Waals surface area contributed by atoms with E-state index in [4.69, 9.17) is 11.6 Å². The number of carbonyl (C=O) groups excluding carboxylic acids is 2. The highest BCUT2D eigenvalue weighted by molar-refractivity contribution is 6.32. The van der Waals surface area contributed by atoms with E-state index >= 15 is 0 Å². The maximum absolute atomic E-state index is 13.2. The molecule has 0 atom stereocenters. The zero-order valence-electron chi connectivity index (χ0n) is 19.8. The fraction of sp³-hybridized carbons (Fsp3) is 0.103. The highest BCUT2D eigenvalue weighted by atomic mass is 35.5. The molecule has 3 aromatic carbocycles. The van der Waals surface area contributed by atoms with Gasteiger partial charge in [0.05, 0.1) is 27.9 Å². The summed E-state index contributed by atoms with van der Waals surface area (Å²) >= 11 is 5.83. The van der Waals surface area contributed by atoms with Gasteiger partial charge in [-0.25, -0.2) is 9.97 Å². The molecule has 0 radical (unpaired) electrons. The molecule has 186 valence electrons. The average Bonchev–Trinajstić information content (AvgIpc) is 2.88. The molecule has 0 N–H and O–H groups in total. The third-order valence-electron chi connectivity index (χ3n) is 5.85. The molecule has 0 aliphatic rings. The summed E-state index contributed by atoms with van der Waals surface area (Å²) in [4.78, 5) is 30.5. The van der Waals surface area contributed by atoms with Gasteiger partial charge >= 0.3 is 6.18 Å². The number of benzene rings is 3. The van der Waals surface area contributed by atoms with Crippen LogP contribution in [0.2, 0.25) is 5.15 Å². The fourth-order valence-corrected chi connectivity index (χ4v) is 4.21. The van der Waals surface area contributed by atoms with Crippen molar-refractivity contribution in [2.24, 2.45) is 0 Å². The zero-order chi connectivity index (χ0) is 26.7. The van der Waals surface area contributed by atoms with E-state index in [-0.39, 0.29) is 22.0 Å². The Balaban J connectivity index is 0.000000195. The molecule has 8 heteroatoms. The lowest BCUT2D eigenvalue weighted by Crippen LogP contribution is -2.08. The summed E-state index contributed by atoms with van der Waals surface area (Å²) in [5, 5.41) is 1.93. The second-order valence-corrected chi connectivity index (χ2v) is 8.72. The number of aryl methyl sites for hydroxylation is 2. The standard InChI is InChI=1S/C18H12F3NO.C11H8ClNO/c1-11-5-4-6-12-9-13(10-23)17(22-16(11)12)14-7-2-3-8-15(14)18(19,20)21;1-7-3-2-4-8-5-9(6-14)11(12)13-10(7)8/h2-10H,1H3;2-6H,1H3. The number of nitrogens with zero attached hydrogens (tertiary/aromatic N) is 2. The molecule has 0 saturated carbocycles. The largest absolute Gasteiger partial charge is 0.417 e. The van der Waals surface area contributed by atoms with Crippen LogP contribution in [0.5, 0.6) is 0 Å². The number of aromatic nitrogens is 2. The minimum Gasteiger partial charge on any atom is -0.298 e. The highest BCUT2D eigenvalue weighted by Gasteiger charge is 2.34. The van der Waals surface area contributed by atoms with Crippen LogP contribution in [-0.4, -0.2) is 22.5 Å². The Hall–Kier alpha value is -4.10. The van der Waals surface area contributed by atoms with Crippen LogP contribution in [0.3, 0.4) is 0 Å². The summed E-state index contributed by atoms with van der Waals surface area (Å²) in [5.74, 6) is 0. The summed E-state index contributed by atoms with van der Waals surface area (Å²) in [6.07, 6.45) is -3.26. The molecule has 0 bridgehead atoms. The van der Waals surface area contributed by atoms with Crippen molar-refractivity contribution in [1.82, 2.24) is 9.97 Å². The third-order valence-corrected chi connectivity index (χ3v) is 6.15. The summed E-state index contributed by atoms with van der Waals surface area (Å²) in [6.45, 7) is 3.79. The van der Waals surface area contributed by atoms with Gasteiger partial charge in [-0.05, 0) is 43.2 Å². The lowest BCUT2D eigenvalue weighted by Gasteiger charge is -2.14. The number of hydrogen-bond donors (Lipinski definition) is 0. The SMILES string of the molecule is Cc1cccc2cc(C=O)c(-c3ccccc3C(F)(F)F)nc12.Cc1cccc2cc(C=O)c(Cl)nc12. The van der Waals surface area contributed by atoms with Gasteiger partial charge in [0.15, 0.2) is 12.6 Å². The smallest absolute Gasteiger partial charge is 0.298 e. The van der Waals surface area contributed by atoms with Crippen LogP contribution in [0.15, 0.2) is 72.8 Å². The third kappa shape index (κ3) is 5.37. The fourth-order valence-electron chi connectivity index (χ4n) is 4.03. The number of fused-ring (bicyclic) bond motifs is 2. The number of aldehydes is 2. The molecule has 0 aliphatic carbocycles. The molecule has 2 aromatic heterocycles. The number of halogens is 4. The summed E-state index contributed by atoms with van der Waals surface area (Å²) in [6, 6.07) is 19.7. The Bertz CT molecular complexity index is 1650. The molecule has 0 unspecified atom stereocenters. The van der Waals surface area contributed by atoms with Crippen molar-refractivity contribution < 1.29 is 22.8 Å². The minimum atomic E-state index is -4.51. The number of hydrogen-bond acceptors (Lipinski definition) is 4. The number of para-hydroxylation sites is 2. The molecule has 4 nitrogen and oxygen atoms in total. The van der Waals surface area contributed by atoms with Crippen molar-refractivity contribution in [2.45, 2.75) is 20.0 Å². The quantitative estimate of drug-likeness (QED) is 0.178. The van der Waals surface area contributed by atoms with Crippen LogP contribution in [0.25, 0.3) is 33.1 Å². The van der Waals surface area contributed by atoms with E-state index in [2.05, 4.69) is 9.97 Å². The molecule has 5 rings (SSSR count). The van der Waals surface area contributed by atoms with Gasteiger partial charge < -0.3 is 0 Å². The zero-order valence-corrected chi connectivity index (χ0v) is 20.6. The maximum atomic E-state index is 13.2. The predicted octanol–water partition coefficient (Wildman–Crippen LogP) is 8.05. The first kappa shape index (κ1) is 26.0. The molecule has 0 spiro atoms. The van der Waals surface area contributed by atoms with Gasteiger partial charge in [0, 0.05) is 21.9 Å². The van der Waals surface area contributed by atoms with Crippen molar-refractivity contribution in [3.05, 3.63) is 106 Å². The van der Waals surface area contributed by atoms with Gasteiger partial charge in [-0.3, -0.25) is 9.59 Å².